The zero-order valence-corrected chi connectivity index (χ0v) is 8.28. The molecule has 2 aromatic rings. The topological polar surface area (TPSA) is 78.5 Å². The highest BCUT2D eigenvalue weighted by Crippen LogP contribution is 2.24. The largest absolute Gasteiger partial charge is 0.382 e. The van der Waals surface area contributed by atoms with Gasteiger partial charge in [0.05, 0.1) is 17.3 Å². The van der Waals surface area contributed by atoms with E-state index in [9.17, 15) is 0 Å². The standard InChI is InChI=1S/C11H10N4/c1-7-10(14-15-11(7)13)9-4-2-8(6-12)3-5-9/h2-5H,1H3,(H3,13,14,15). The lowest BCUT2D eigenvalue weighted by Crippen LogP contribution is -1.86. The van der Waals surface area contributed by atoms with Crippen molar-refractivity contribution in [2.24, 2.45) is 0 Å². The van der Waals surface area contributed by atoms with Crippen LogP contribution in [-0.2, 0) is 0 Å². The number of hydrogen-bond donors (Lipinski definition) is 2. The van der Waals surface area contributed by atoms with Crippen LogP contribution in [0.25, 0.3) is 11.3 Å². The maximum absolute atomic E-state index is 8.67. The molecule has 0 fully saturated rings. The SMILES string of the molecule is Cc1c(N)n[nH]c1-c1ccc(C#N)cc1. The van der Waals surface area contributed by atoms with Crippen LogP contribution in [0.2, 0.25) is 0 Å². The molecule has 0 spiro atoms. The summed E-state index contributed by atoms with van der Waals surface area (Å²) >= 11 is 0. The molecule has 3 N–H and O–H groups in total. The Kier molecular flexibility index (Phi) is 2.14. The monoisotopic (exact) mass is 198 g/mol. The molecule has 0 aliphatic rings. The molecule has 4 nitrogen and oxygen atoms in total. The van der Waals surface area contributed by atoms with Crippen LogP contribution in [-0.4, -0.2) is 10.2 Å². The van der Waals surface area contributed by atoms with E-state index in [-0.39, 0.29) is 0 Å². The number of aromatic amines is 1. The van der Waals surface area contributed by atoms with Gasteiger partial charge in [0.25, 0.3) is 0 Å². The van der Waals surface area contributed by atoms with Gasteiger partial charge >= 0.3 is 0 Å². The number of nitriles is 1. The minimum Gasteiger partial charge on any atom is -0.382 e. The molecule has 0 unspecified atom stereocenters. The fourth-order valence-electron chi connectivity index (χ4n) is 1.40. The van der Waals surface area contributed by atoms with E-state index in [1.165, 1.54) is 0 Å². The van der Waals surface area contributed by atoms with Gasteiger partial charge in [-0.05, 0) is 24.6 Å². The normalized spacial score (nSPS) is 9.87. The number of H-pyrrole nitrogens is 1. The summed E-state index contributed by atoms with van der Waals surface area (Å²) < 4.78 is 0. The fourth-order valence-corrected chi connectivity index (χ4v) is 1.40. The molecule has 0 radical (unpaired) electrons. The summed E-state index contributed by atoms with van der Waals surface area (Å²) in [7, 11) is 0. The van der Waals surface area contributed by atoms with Gasteiger partial charge in [0.15, 0.2) is 0 Å². The second-order valence-electron chi connectivity index (χ2n) is 3.30. The number of nitrogens with one attached hydrogen (secondary N) is 1. The Morgan fingerprint density at radius 3 is 2.47 bits per heavy atom. The van der Waals surface area contributed by atoms with Gasteiger partial charge in [-0.3, -0.25) is 5.10 Å². The van der Waals surface area contributed by atoms with Crippen LogP contribution in [0.1, 0.15) is 11.1 Å². The molecule has 1 aromatic heterocycles. The average molecular weight is 198 g/mol. The number of nitrogen functional groups attached to an aromatic ring is 1. The van der Waals surface area contributed by atoms with Crippen molar-refractivity contribution in [2.45, 2.75) is 6.92 Å². The first-order valence-corrected chi connectivity index (χ1v) is 4.53. The maximum Gasteiger partial charge on any atom is 0.148 e. The van der Waals surface area contributed by atoms with Gasteiger partial charge in [-0.15, -0.1) is 0 Å². The Labute approximate surface area is 87.3 Å². The van der Waals surface area contributed by atoms with Crippen LogP contribution in [0.15, 0.2) is 24.3 Å². The third-order valence-corrected chi connectivity index (χ3v) is 2.35. The molecular formula is C11H10N4. The van der Waals surface area contributed by atoms with E-state index in [0.29, 0.717) is 11.4 Å². The lowest BCUT2D eigenvalue weighted by molar-refractivity contribution is 1.10. The van der Waals surface area contributed by atoms with Crippen molar-refractivity contribution >= 4 is 5.82 Å². The second kappa shape index (κ2) is 3.46. The molecule has 0 bridgehead atoms. The highest BCUT2D eigenvalue weighted by atomic mass is 15.2. The number of benzene rings is 1. The van der Waals surface area contributed by atoms with Crippen molar-refractivity contribution in [3.8, 4) is 17.3 Å². The summed E-state index contributed by atoms with van der Waals surface area (Å²) in [5.41, 5.74) is 9.09. The Bertz CT molecular complexity index is 517. The maximum atomic E-state index is 8.67. The lowest BCUT2D eigenvalue weighted by atomic mass is 10.1. The highest BCUT2D eigenvalue weighted by molar-refractivity contribution is 5.67. The Morgan fingerprint density at radius 1 is 1.33 bits per heavy atom. The molecule has 1 aromatic carbocycles. The van der Waals surface area contributed by atoms with Gasteiger partial charge in [0.1, 0.15) is 5.82 Å². The summed E-state index contributed by atoms with van der Waals surface area (Å²) in [6.45, 7) is 1.91. The third-order valence-electron chi connectivity index (χ3n) is 2.35. The second-order valence-corrected chi connectivity index (χ2v) is 3.30. The number of aromatic nitrogens is 2. The summed E-state index contributed by atoms with van der Waals surface area (Å²) in [5.74, 6) is 0.509. The molecule has 0 saturated heterocycles. The van der Waals surface area contributed by atoms with Crippen molar-refractivity contribution in [1.29, 1.82) is 5.26 Å². The summed E-state index contributed by atoms with van der Waals surface area (Å²) in [4.78, 5) is 0. The van der Waals surface area contributed by atoms with Crippen LogP contribution in [0, 0.1) is 18.3 Å². The number of nitrogens with zero attached hydrogens (tertiary/aromatic N) is 2. The smallest absolute Gasteiger partial charge is 0.148 e. The van der Waals surface area contributed by atoms with Crippen LogP contribution in [0.5, 0.6) is 0 Å². The average Bonchev–Trinajstić information content (AvgIpc) is 2.60. The van der Waals surface area contributed by atoms with Gasteiger partial charge in [-0.25, -0.2) is 0 Å². The zero-order chi connectivity index (χ0) is 10.8. The van der Waals surface area contributed by atoms with Gasteiger partial charge in [-0.2, -0.15) is 10.4 Å². The Balaban J connectivity index is 2.47. The summed E-state index contributed by atoms with van der Waals surface area (Å²) in [6, 6.07) is 9.36. The lowest BCUT2D eigenvalue weighted by Gasteiger charge is -1.99. The van der Waals surface area contributed by atoms with Crippen molar-refractivity contribution in [2.75, 3.05) is 5.73 Å². The fraction of sp³-hybridized carbons (Fsp3) is 0.0909. The molecule has 0 aliphatic heterocycles. The Hall–Kier alpha value is -2.28. The molecule has 2 rings (SSSR count). The molecule has 0 aliphatic carbocycles. The first-order chi connectivity index (χ1) is 7.22. The molecule has 0 atom stereocenters. The van der Waals surface area contributed by atoms with E-state index < -0.39 is 0 Å². The van der Waals surface area contributed by atoms with Crippen LogP contribution in [0.3, 0.4) is 0 Å². The summed E-state index contributed by atoms with van der Waals surface area (Å²) in [6.07, 6.45) is 0. The predicted molar refractivity (Wildman–Crippen MR) is 57.9 cm³/mol. The van der Waals surface area contributed by atoms with Crippen LogP contribution in [0.4, 0.5) is 5.82 Å². The molecular weight excluding hydrogens is 188 g/mol. The van der Waals surface area contributed by atoms with Gasteiger partial charge < -0.3 is 5.73 Å². The van der Waals surface area contributed by atoms with Crippen molar-refractivity contribution in [3.05, 3.63) is 35.4 Å². The van der Waals surface area contributed by atoms with Crippen molar-refractivity contribution in [1.82, 2.24) is 10.2 Å². The molecule has 0 amide bonds. The van der Waals surface area contributed by atoms with E-state index in [0.717, 1.165) is 16.8 Å². The summed E-state index contributed by atoms with van der Waals surface area (Å²) in [5, 5.41) is 15.5. The van der Waals surface area contributed by atoms with Gasteiger partial charge in [0.2, 0.25) is 0 Å². The molecule has 4 heteroatoms. The molecule has 1 heterocycles. The van der Waals surface area contributed by atoms with E-state index in [4.69, 9.17) is 11.0 Å². The molecule has 15 heavy (non-hydrogen) atoms. The van der Waals surface area contributed by atoms with Crippen molar-refractivity contribution < 1.29 is 0 Å². The highest BCUT2D eigenvalue weighted by Gasteiger charge is 2.07. The van der Waals surface area contributed by atoms with Gasteiger partial charge in [-0.1, -0.05) is 12.1 Å². The number of anilines is 1. The quantitative estimate of drug-likeness (QED) is 0.733. The van der Waals surface area contributed by atoms with Crippen LogP contribution < -0.4 is 5.73 Å². The predicted octanol–water partition coefficient (Wildman–Crippen LogP) is 1.84. The first kappa shape index (κ1) is 9.28. The van der Waals surface area contributed by atoms with E-state index in [1.54, 1.807) is 12.1 Å². The number of hydrogen-bond acceptors (Lipinski definition) is 3. The van der Waals surface area contributed by atoms with Crippen molar-refractivity contribution in [3.63, 3.8) is 0 Å². The molecule has 74 valence electrons. The Morgan fingerprint density at radius 2 is 2.00 bits per heavy atom. The minimum absolute atomic E-state index is 0.509. The number of nitrogens with two attached hydrogens (primary N) is 1. The number of rotatable bonds is 1. The van der Waals surface area contributed by atoms with E-state index >= 15 is 0 Å². The first-order valence-electron chi connectivity index (χ1n) is 4.53. The van der Waals surface area contributed by atoms with E-state index in [1.807, 2.05) is 19.1 Å². The zero-order valence-electron chi connectivity index (χ0n) is 8.28. The van der Waals surface area contributed by atoms with Gasteiger partial charge in [0, 0.05) is 5.56 Å². The van der Waals surface area contributed by atoms with Crippen LogP contribution >= 0.6 is 0 Å². The minimum atomic E-state index is 0.509. The van der Waals surface area contributed by atoms with E-state index in [2.05, 4.69) is 16.3 Å². The molecule has 0 saturated carbocycles. The third kappa shape index (κ3) is 1.55.